The van der Waals surface area contributed by atoms with Crippen molar-refractivity contribution in [1.82, 2.24) is 14.8 Å². The van der Waals surface area contributed by atoms with Crippen LogP contribution in [0.1, 0.15) is 15.9 Å². The fourth-order valence-corrected chi connectivity index (χ4v) is 4.09. The first-order valence-electron chi connectivity index (χ1n) is 8.60. The van der Waals surface area contributed by atoms with Crippen LogP contribution in [-0.2, 0) is 0 Å². The number of carbonyl (C=O) groups is 1. The van der Waals surface area contributed by atoms with Crippen molar-refractivity contribution in [3.05, 3.63) is 82.5 Å². The predicted molar refractivity (Wildman–Crippen MR) is 113 cm³/mol. The molecule has 2 heterocycles. The third-order valence-corrected chi connectivity index (χ3v) is 5.79. The van der Waals surface area contributed by atoms with Crippen LogP contribution in [-0.4, -0.2) is 26.3 Å². The van der Waals surface area contributed by atoms with Gasteiger partial charge in [0.05, 0.1) is 12.0 Å². The summed E-state index contributed by atoms with van der Waals surface area (Å²) in [6.45, 7) is 2.04. The molecule has 0 saturated carbocycles. The van der Waals surface area contributed by atoms with Gasteiger partial charge in [0.2, 0.25) is 5.82 Å². The molecule has 2 aromatic carbocycles. The van der Waals surface area contributed by atoms with E-state index in [0.717, 1.165) is 15.7 Å². The van der Waals surface area contributed by atoms with Crippen LogP contribution in [0.15, 0.2) is 81.0 Å². The van der Waals surface area contributed by atoms with Gasteiger partial charge in [-0.2, -0.15) is 0 Å². The van der Waals surface area contributed by atoms with E-state index in [1.165, 1.54) is 11.8 Å². The Morgan fingerprint density at radius 3 is 2.57 bits per heavy atom. The Hall–Kier alpha value is -2.64. The van der Waals surface area contributed by atoms with Gasteiger partial charge in [-0.3, -0.25) is 9.36 Å². The lowest BCUT2D eigenvalue weighted by Gasteiger charge is -2.09. The first-order valence-corrected chi connectivity index (χ1v) is 10.4. The molecule has 4 rings (SSSR count). The van der Waals surface area contributed by atoms with Gasteiger partial charge in [0.15, 0.2) is 16.7 Å². The molecule has 0 unspecified atom stereocenters. The van der Waals surface area contributed by atoms with Crippen LogP contribution in [0.5, 0.6) is 0 Å². The number of thioether (sulfide) groups is 1. The molecule has 7 heteroatoms. The fourth-order valence-electron chi connectivity index (χ4n) is 2.75. The number of hydrogen-bond donors (Lipinski definition) is 0. The van der Waals surface area contributed by atoms with Gasteiger partial charge in [-0.25, -0.2) is 0 Å². The Balaban J connectivity index is 1.66. The molecule has 0 spiro atoms. The van der Waals surface area contributed by atoms with Gasteiger partial charge in [-0.05, 0) is 37.3 Å². The summed E-state index contributed by atoms with van der Waals surface area (Å²) in [7, 11) is 0. The number of Topliss-reactive ketones (excluding diaryl/α,β-unsaturated/α-hetero) is 1. The number of benzene rings is 2. The zero-order valence-corrected chi connectivity index (χ0v) is 17.4. The summed E-state index contributed by atoms with van der Waals surface area (Å²) in [5, 5.41) is 9.25. The second kappa shape index (κ2) is 8.16. The molecule has 0 saturated heterocycles. The van der Waals surface area contributed by atoms with Crippen molar-refractivity contribution < 1.29 is 9.21 Å². The number of aryl methyl sites for hydroxylation is 1. The molecular formula is C21H16BrN3O2S. The van der Waals surface area contributed by atoms with Crippen LogP contribution < -0.4 is 0 Å². The average molecular weight is 454 g/mol. The smallest absolute Gasteiger partial charge is 0.205 e. The van der Waals surface area contributed by atoms with E-state index in [-0.39, 0.29) is 11.5 Å². The number of furan rings is 1. The third kappa shape index (κ3) is 3.81. The van der Waals surface area contributed by atoms with E-state index in [9.17, 15) is 4.79 Å². The summed E-state index contributed by atoms with van der Waals surface area (Å²) < 4.78 is 8.23. The molecule has 5 nitrogen and oxygen atoms in total. The van der Waals surface area contributed by atoms with Crippen molar-refractivity contribution in [2.24, 2.45) is 0 Å². The van der Waals surface area contributed by atoms with Crippen molar-refractivity contribution in [1.29, 1.82) is 0 Å². The third-order valence-electron chi connectivity index (χ3n) is 4.17. The van der Waals surface area contributed by atoms with Crippen LogP contribution in [0.25, 0.3) is 17.3 Å². The molecule has 0 amide bonds. The van der Waals surface area contributed by atoms with Gasteiger partial charge in [-0.1, -0.05) is 63.6 Å². The fraction of sp³-hybridized carbons (Fsp3) is 0.0952. The normalized spacial score (nSPS) is 10.9. The van der Waals surface area contributed by atoms with E-state index in [1.54, 1.807) is 6.26 Å². The highest BCUT2D eigenvalue weighted by Crippen LogP contribution is 2.29. The summed E-state index contributed by atoms with van der Waals surface area (Å²) >= 11 is 4.79. The monoisotopic (exact) mass is 453 g/mol. The Morgan fingerprint density at radius 2 is 1.86 bits per heavy atom. The second-order valence-corrected chi connectivity index (χ2v) is 7.94. The van der Waals surface area contributed by atoms with E-state index in [4.69, 9.17) is 4.42 Å². The number of ketones is 1. The minimum atomic E-state index is 0.0236. The molecule has 0 atom stereocenters. The highest BCUT2D eigenvalue weighted by Gasteiger charge is 2.19. The topological polar surface area (TPSA) is 60.9 Å². The summed E-state index contributed by atoms with van der Waals surface area (Å²) in [6.07, 6.45) is 1.60. The number of nitrogens with zero attached hydrogens (tertiary/aromatic N) is 3. The number of hydrogen-bond acceptors (Lipinski definition) is 5. The van der Waals surface area contributed by atoms with Gasteiger partial charge in [0.25, 0.3) is 0 Å². The maximum absolute atomic E-state index is 12.6. The van der Waals surface area contributed by atoms with Crippen molar-refractivity contribution >= 4 is 33.5 Å². The average Bonchev–Trinajstić information content (AvgIpc) is 3.37. The zero-order chi connectivity index (χ0) is 19.5. The van der Waals surface area contributed by atoms with Crippen LogP contribution >= 0.6 is 27.7 Å². The van der Waals surface area contributed by atoms with Gasteiger partial charge < -0.3 is 4.42 Å². The molecule has 0 aliphatic carbocycles. The lowest BCUT2D eigenvalue weighted by molar-refractivity contribution is 0.102. The highest BCUT2D eigenvalue weighted by molar-refractivity contribution is 9.10. The highest BCUT2D eigenvalue weighted by atomic mass is 79.9. The van der Waals surface area contributed by atoms with Crippen LogP contribution in [0.3, 0.4) is 0 Å². The maximum Gasteiger partial charge on any atom is 0.205 e. The van der Waals surface area contributed by atoms with Crippen molar-refractivity contribution in [3.63, 3.8) is 0 Å². The number of halogens is 1. The minimum Gasteiger partial charge on any atom is -0.461 e. The van der Waals surface area contributed by atoms with Gasteiger partial charge in [-0.15, -0.1) is 10.2 Å². The number of aromatic nitrogens is 3. The molecule has 0 bridgehead atoms. The van der Waals surface area contributed by atoms with Crippen LogP contribution in [0.4, 0.5) is 0 Å². The van der Waals surface area contributed by atoms with E-state index in [1.807, 2.05) is 72.2 Å². The molecule has 28 heavy (non-hydrogen) atoms. The number of rotatable bonds is 6. The first kappa shape index (κ1) is 18.7. The predicted octanol–water partition coefficient (Wildman–Crippen LogP) is 5.57. The molecule has 0 radical (unpaired) electrons. The minimum absolute atomic E-state index is 0.0236. The van der Waals surface area contributed by atoms with Gasteiger partial charge >= 0.3 is 0 Å². The first-order chi connectivity index (χ1) is 13.6. The summed E-state index contributed by atoms with van der Waals surface area (Å²) in [6, 6.07) is 19.1. The zero-order valence-electron chi connectivity index (χ0n) is 15.0. The molecule has 0 aliphatic rings. The SMILES string of the molecule is Cc1ccc(-n2c(SCC(=O)c3ccccc3Br)nnc2-c2ccco2)cc1. The Labute approximate surface area is 174 Å². The Kier molecular flexibility index (Phi) is 5.45. The van der Waals surface area contributed by atoms with Gasteiger partial charge in [0, 0.05) is 15.7 Å². The lowest BCUT2D eigenvalue weighted by atomic mass is 10.1. The lowest BCUT2D eigenvalue weighted by Crippen LogP contribution is -2.05. The van der Waals surface area contributed by atoms with Crippen molar-refractivity contribution in [2.45, 2.75) is 12.1 Å². The largest absolute Gasteiger partial charge is 0.461 e. The molecule has 0 fully saturated rings. The van der Waals surface area contributed by atoms with E-state index in [2.05, 4.69) is 26.1 Å². The number of carbonyl (C=O) groups excluding carboxylic acids is 1. The van der Waals surface area contributed by atoms with Crippen LogP contribution in [0.2, 0.25) is 0 Å². The molecular weight excluding hydrogens is 438 g/mol. The molecule has 0 aliphatic heterocycles. The Bertz CT molecular complexity index is 1110. The quantitative estimate of drug-likeness (QED) is 0.282. The van der Waals surface area contributed by atoms with Crippen LogP contribution in [0, 0.1) is 6.92 Å². The second-order valence-electron chi connectivity index (χ2n) is 6.15. The maximum atomic E-state index is 12.6. The molecule has 4 aromatic rings. The molecule has 2 aromatic heterocycles. The molecule has 0 N–H and O–H groups in total. The Morgan fingerprint density at radius 1 is 1.07 bits per heavy atom. The summed E-state index contributed by atoms with van der Waals surface area (Å²) in [5.41, 5.74) is 2.73. The van der Waals surface area contributed by atoms with Crippen molar-refractivity contribution in [2.75, 3.05) is 5.75 Å². The summed E-state index contributed by atoms with van der Waals surface area (Å²) in [4.78, 5) is 12.6. The van der Waals surface area contributed by atoms with E-state index in [0.29, 0.717) is 22.3 Å². The van der Waals surface area contributed by atoms with E-state index >= 15 is 0 Å². The van der Waals surface area contributed by atoms with Gasteiger partial charge in [0.1, 0.15) is 0 Å². The van der Waals surface area contributed by atoms with E-state index < -0.39 is 0 Å². The standard InChI is InChI=1S/C21H16BrN3O2S/c1-14-8-10-15(11-9-14)25-20(19-7-4-12-27-19)23-24-21(25)28-13-18(26)16-5-2-3-6-17(16)22/h2-12H,13H2,1H3. The van der Waals surface area contributed by atoms with Crippen molar-refractivity contribution in [3.8, 4) is 17.3 Å². The summed E-state index contributed by atoms with van der Waals surface area (Å²) in [5.74, 6) is 1.50. The molecule has 140 valence electrons.